The van der Waals surface area contributed by atoms with Gasteiger partial charge < -0.3 is 10.0 Å². The molecule has 0 aliphatic carbocycles. The highest BCUT2D eigenvalue weighted by Crippen LogP contribution is 2.37. The van der Waals surface area contributed by atoms with E-state index in [1.165, 1.54) is 26.2 Å². The number of carbonyl (C=O) groups excluding carboxylic acids is 2. The molecule has 1 aliphatic heterocycles. The van der Waals surface area contributed by atoms with Crippen LogP contribution in [0.25, 0.3) is 0 Å². The van der Waals surface area contributed by atoms with Gasteiger partial charge in [-0.25, -0.2) is 0 Å². The number of aromatic nitrogens is 1. The zero-order chi connectivity index (χ0) is 17.5. The molecule has 0 saturated carbocycles. The third-order valence-electron chi connectivity index (χ3n) is 4.44. The molecule has 1 atom stereocenters. The van der Waals surface area contributed by atoms with Gasteiger partial charge in [-0.05, 0) is 25.0 Å². The van der Waals surface area contributed by atoms with Gasteiger partial charge in [-0.2, -0.15) is 0 Å². The predicted molar refractivity (Wildman–Crippen MR) is 92.4 cm³/mol. The lowest BCUT2D eigenvalue weighted by Gasteiger charge is -2.26. The van der Waals surface area contributed by atoms with Crippen LogP contribution in [0.15, 0.2) is 35.9 Å². The first-order chi connectivity index (χ1) is 11.6. The summed E-state index contributed by atoms with van der Waals surface area (Å²) in [7, 11) is 0. The van der Waals surface area contributed by atoms with Gasteiger partial charge in [0.1, 0.15) is 0 Å². The Morgan fingerprint density at radius 2 is 1.96 bits per heavy atom. The number of hydrogen-bond acceptors (Lipinski definition) is 4. The number of aliphatic hydroxyl groups excluding tert-OH is 1. The third-order valence-corrected chi connectivity index (χ3v) is 4.44. The summed E-state index contributed by atoms with van der Waals surface area (Å²) in [5.74, 6) is -1.15. The number of ketones is 1. The van der Waals surface area contributed by atoms with Crippen LogP contribution in [0.2, 0.25) is 0 Å². The largest absolute Gasteiger partial charge is 0.503 e. The molecule has 2 heterocycles. The quantitative estimate of drug-likeness (QED) is 0.700. The molecule has 1 N–H and O–H groups in total. The minimum Gasteiger partial charge on any atom is -0.503 e. The second-order valence-electron chi connectivity index (χ2n) is 6.27. The van der Waals surface area contributed by atoms with Gasteiger partial charge in [-0.15, -0.1) is 0 Å². The molecule has 0 unspecified atom stereocenters. The zero-order valence-electron chi connectivity index (χ0n) is 14.5. The first-order valence-electron chi connectivity index (χ1n) is 8.72. The Balaban J connectivity index is 2.11. The van der Waals surface area contributed by atoms with Crippen LogP contribution in [0.4, 0.5) is 0 Å². The molecule has 0 fully saturated rings. The minimum atomic E-state index is -0.528. The highest BCUT2D eigenvalue weighted by atomic mass is 16.3. The maximum absolute atomic E-state index is 12.4. The number of Topliss-reactive ketones (excluding diaryl/α,β-unsaturated/α-hetero) is 1. The highest BCUT2D eigenvalue weighted by molar-refractivity contribution is 6.08. The van der Waals surface area contributed by atoms with Crippen molar-refractivity contribution in [3.8, 4) is 0 Å². The van der Waals surface area contributed by atoms with Crippen molar-refractivity contribution in [3.63, 3.8) is 0 Å². The molecule has 1 aliphatic rings. The lowest BCUT2D eigenvalue weighted by molar-refractivity contribution is -0.129. The van der Waals surface area contributed by atoms with E-state index < -0.39 is 17.7 Å². The van der Waals surface area contributed by atoms with E-state index in [-0.39, 0.29) is 11.4 Å². The van der Waals surface area contributed by atoms with Crippen LogP contribution in [0.5, 0.6) is 0 Å². The SMILES string of the molecule is CCCCCCCCN1C(=O)C(O)=C(C(C)=O)[C@H]1c1cccnc1. The Bertz CT molecular complexity index is 610. The summed E-state index contributed by atoms with van der Waals surface area (Å²) in [6, 6.07) is 3.08. The van der Waals surface area contributed by atoms with Crippen LogP contribution < -0.4 is 0 Å². The predicted octanol–water partition coefficient (Wildman–Crippen LogP) is 3.73. The minimum absolute atomic E-state index is 0.180. The average molecular weight is 330 g/mol. The van der Waals surface area contributed by atoms with Crippen LogP contribution in [0.1, 0.15) is 64.0 Å². The fourth-order valence-corrected chi connectivity index (χ4v) is 3.19. The summed E-state index contributed by atoms with van der Waals surface area (Å²) in [6.45, 7) is 4.10. The summed E-state index contributed by atoms with van der Waals surface area (Å²) in [5, 5.41) is 10.1. The van der Waals surface area contributed by atoms with Gasteiger partial charge >= 0.3 is 0 Å². The maximum atomic E-state index is 12.4. The van der Waals surface area contributed by atoms with Gasteiger partial charge in [0.2, 0.25) is 0 Å². The zero-order valence-corrected chi connectivity index (χ0v) is 14.5. The van der Waals surface area contributed by atoms with Crippen molar-refractivity contribution in [2.24, 2.45) is 0 Å². The van der Waals surface area contributed by atoms with Gasteiger partial charge in [0.05, 0.1) is 11.6 Å². The van der Waals surface area contributed by atoms with Gasteiger partial charge in [0, 0.05) is 18.9 Å². The van der Waals surface area contributed by atoms with Crippen LogP contribution in [-0.2, 0) is 9.59 Å². The molecule has 2 rings (SSSR count). The second kappa shape index (κ2) is 8.62. The molecule has 5 heteroatoms. The monoisotopic (exact) mass is 330 g/mol. The van der Waals surface area contributed by atoms with E-state index in [0.29, 0.717) is 6.54 Å². The van der Waals surface area contributed by atoms with Gasteiger partial charge in [0.25, 0.3) is 5.91 Å². The third kappa shape index (κ3) is 4.02. The van der Waals surface area contributed by atoms with Gasteiger partial charge in [0.15, 0.2) is 11.5 Å². The Labute approximate surface area is 143 Å². The molecule has 0 aromatic carbocycles. The normalized spacial score (nSPS) is 17.7. The summed E-state index contributed by atoms with van der Waals surface area (Å²) >= 11 is 0. The number of pyridine rings is 1. The summed E-state index contributed by atoms with van der Waals surface area (Å²) in [4.78, 5) is 30.1. The van der Waals surface area contributed by atoms with E-state index in [1.807, 2.05) is 6.07 Å². The second-order valence-corrected chi connectivity index (χ2v) is 6.27. The summed E-state index contributed by atoms with van der Waals surface area (Å²) in [6.07, 6.45) is 9.99. The van der Waals surface area contributed by atoms with Crippen molar-refractivity contribution in [3.05, 3.63) is 41.4 Å². The van der Waals surface area contributed by atoms with Crippen molar-refractivity contribution in [2.75, 3.05) is 6.54 Å². The fourth-order valence-electron chi connectivity index (χ4n) is 3.19. The van der Waals surface area contributed by atoms with Crippen molar-refractivity contribution >= 4 is 11.7 Å². The Morgan fingerprint density at radius 1 is 1.25 bits per heavy atom. The van der Waals surface area contributed by atoms with E-state index >= 15 is 0 Å². The molecular formula is C19H26N2O3. The Kier molecular flexibility index (Phi) is 6.53. The number of aliphatic hydroxyl groups is 1. The van der Waals surface area contributed by atoms with Crippen LogP contribution in [0.3, 0.4) is 0 Å². The van der Waals surface area contributed by atoms with Crippen LogP contribution >= 0.6 is 0 Å². The van der Waals surface area contributed by atoms with E-state index in [2.05, 4.69) is 11.9 Å². The van der Waals surface area contributed by atoms with Crippen molar-refractivity contribution in [1.29, 1.82) is 0 Å². The molecule has 130 valence electrons. The van der Waals surface area contributed by atoms with Crippen LogP contribution in [0, 0.1) is 0 Å². The first-order valence-corrected chi connectivity index (χ1v) is 8.72. The van der Waals surface area contributed by atoms with E-state index in [0.717, 1.165) is 24.8 Å². The average Bonchev–Trinajstić information content (AvgIpc) is 2.83. The van der Waals surface area contributed by atoms with E-state index in [9.17, 15) is 14.7 Å². The molecule has 0 radical (unpaired) electrons. The summed E-state index contributed by atoms with van der Waals surface area (Å²) < 4.78 is 0. The molecule has 5 nitrogen and oxygen atoms in total. The lowest BCUT2D eigenvalue weighted by atomic mass is 9.98. The van der Waals surface area contributed by atoms with Crippen LogP contribution in [-0.4, -0.2) is 33.2 Å². The molecule has 1 amide bonds. The summed E-state index contributed by atoms with van der Waals surface area (Å²) in [5.41, 5.74) is 0.935. The molecule has 24 heavy (non-hydrogen) atoms. The highest BCUT2D eigenvalue weighted by Gasteiger charge is 2.41. The fraction of sp³-hybridized carbons (Fsp3) is 0.526. The molecular weight excluding hydrogens is 304 g/mol. The van der Waals surface area contributed by atoms with E-state index in [4.69, 9.17) is 0 Å². The molecule has 1 aromatic rings. The van der Waals surface area contributed by atoms with Crippen molar-refractivity contribution in [1.82, 2.24) is 9.88 Å². The van der Waals surface area contributed by atoms with Gasteiger partial charge in [-0.1, -0.05) is 45.1 Å². The smallest absolute Gasteiger partial charge is 0.290 e. The van der Waals surface area contributed by atoms with Crippen molar-refractivity contribution in [2.45, 2.75) is 58.4 Å². The lowest BCUT2D eigenvalue weighted by Crippen LogP contribution is -2.32. The number of unbranched alkanes of at least 4 members (excludes halogenated alkanes) is 5. The molecule has 0 bridgehead atoms. The Hall–Kier alpha value is -2.17. The molecule has 1 aromatic heterocycles. The number of nitrogens with zero attached hydrogens (tertiary/aromatic N) is 2. The number of carbonyl (C=O) groups is 2. The molecule has 0 spiro atoms. The number of amides is 1. The standard InChI is InChI=1S/C19H26N2O3/c1-3-4-5-6-7-8-12-21-17(15-10-9-11-20-13-15)16(14(2)22)18(23)19(21)24/h9-11,13,17,23H,3-8,12H2,1-2H3/t17-/m1/s1. The van der Waals surface area contributed by atoms with Crippen molar-refractivity contribution < 1.29 is 14.7 Å². The van der Waals surface area contributed by atoms with E-state index in [1.54, 1.807) is 23.4 Å². The maximum Gasteiger partial charge on any atom is 0.290 e. The number of hydrogen-bond donors (Lipinski definition) is 1. The first kappa shape index (κ1) is 18.2. The number of rotatable bonds is 9. The topological polar surface area (TPSA) is 70.5 Å². The Morgan fingerprint density at radius 3 is 2.58 bits per heavy atom. The van der Waals surface area contributed by atoms with Gasteiger partial charge in [-0.3, -0.25) is 14.6 Å². The molecule has 0 saturated heterocycles.